The Bertz CT molecular complexity index is 840. The summed E-state index contributed by atoms with van der Waals surface area (Å²) in [6.45, 7) is 3.60. The molecule has 7 heteroatoms. The number of furan rings is 1. The third kappa shape index (κ3) is 2.92. The third-order valence-electron chi connectivity index (χ3n) is 3.89. The summed E-state index contributed by atoms with van der Waals surface area (Å²) in [4.78, 5) is 18.4. The molecule has 0 aliphatic carbocycles. The zero-order chi connectivity index (χ0) is 17.3. The van der Waals surface area contributed by atoms with Gasteiger partial charge in [-0.15, -0.1) is 5.10 Å². The van der Waals surface area contributed by atoms with E-state index >= 15 is 0 Å². The maximum Gasteiger partial charge on any atom is 0.293 e. The van der Waals surface area contributed by atoms with E-state index in [0.29, 0.717) is 17.3 Å². The van der Waals surface area contributed by atoms with Crippen LogP contribution in [0.4, 0.5) is 4.39 Å². The Morgan fingerprint density at radius 2 is 2.00 bits per heavy atom. The maximum atomic E-state index is 13.1. The smallest absolute Gasteiger partial charge is 0.293 e. The van der Waals surface area contributed by atoms with E-state index in [1.807, 2.05) is 13.0 Å². The van der Waals surface area contributed by atoms with Gasteiger partial charge >= 0.3 is 0 Å². The number of benzene rings is 1. The number of rotatable bonds is 4. The zero-order valence-corrected chi connectivity index (χ0v) is 13.6. The van der Waals surface area contributed by atoms with Crippen LogP contribution in [0.2, 0.25) is 0 Å². The van der Waals surface area contributed by atoms with Crippen LogP contribution in [-0.4, -0.2) is 32.6 Å². The molecule has 0 saturated carbocycles. The van der Waals surface area contributed by atoms with Gasteiger partial charge in [-0.05, 0) is 50.2 Å². The first kappa shape index (κ1) is 15.9. The minimum Gasteiger partial charge on any atom is -0.467 e. The van der Waals surface area contributed by atoms with Gasteiger partial charge in [0.1, 0.15) is 17.4 Å². The highest BCUT2D eigenvalue weighted by atomic mass is 19.1. The summed E-state index contributed by atoms with van der Waals surface area (Å²) < 4.78 is 19.9. The molecule has 0 unspecified atom stereocenters. The molecule has 6 nitrogen and oxygen atoms in total. The molecule has 1 amide bonds. The van der Waals surface area contributed by atoms with Gasteiger partial charge in [0.25, 0.3) is 5.91 Å². The van der Waals surface area contributed by atoms with Crippen molar-refractivity contribution in [2.24, 2.45) is 0 Å². The summed E-state index contributed by atoms with van der Waals surface area (Å²) in [7, 11) is 1.67. The van der Waals surface area contributed by atoms with Gasteiger partial charge in [0.05, 0.1) is 18.0 Å². The molecule has 0 fully saturated rings. The number of aromatic nitrogens is 3. The Morgan fingerprint density at radius 3 is 2.62 bits per heavy atom. The summed E-state index contributed by atoms with van der Waals surface area (Å²) in [6.07, 6.45) is 1.57. The minimum atomic E-state index is -0.333. The molecule has 0 spiro atoms. The van der Waals surface area contributed by atoms with Gasteiger partial charge in [0, 0.05) is 7.05 Å². The molecule has 3 rings (SSSR count). The van der Waals surface area contributed by atoms with Crippen LogP contribution < -0.4 is 0 Å². The molecule has 0 aliphatic heterocycles. The SMILES string of the molecule is Cc1nc(C(=O)N(C)[C@@H](C)c2ccco2)nn1-c1ccc(F)cc1. The van der Waals surface area contributed by atoms with Crippen molar-refractivity contribution in [1.29, 1.82) is 0 Å². The number of carbonyl (C=O) groups excluding carboxylic acids is 1. The molecule has 0 radical (unpaired) electrons. The van der Waals surface area contributed by atoms with Crippen LogP contribution in [-0.2, 0) is 0 Å². The second-order valence-electron chi connectivity index (χ2n) is 5.48. The van der Waals surface area contributed by atoms with Crippen molar-refractivity contribution in [1.82, 2.24) is 19.7 Å². The fraction of sp³-hybridized carbons (Fsp3) is 0.235. The van der Waals surface area contributed by atoms with E-state index in [1.54, 1.807) is 38.4 Å². The summed E-state index contributed by atoms with van der Waals surface area (Å²) >= 11 is 0. The molecule has 1 atom stereocenters. The molecule has 2 aromatic heterocycles. The number of hydrogen-bond acceptors (Lipinski definition) is 4. The molecule has 0 aliphatic rings. The second-order valence-corrected chi connectivity index (χ2v) is 5.48. The standard InChI is InChI=1S/C17H17FN4O2/c1-11(15-5-4-10-24-15)21(3)17(23)16-19-12(2)22(20-16)14-8-6-13(18)7-9-14/h4-11H,1-3H3/t11-/m0/s1. The molecule has 0 bridgehead atoms. The Morgan fingerprint density at radius 1 is 1.29 bits per heavy atom. The van der Waals surface area contributed by atoms with E-state index in [4.69, 9.17) is 4.42 Å². The van der Waals surface area contributed by atoms with Crippen molar-refractivity contribution < 1.29 is 13.6 Å². The number of amides is 1. The molecule has 24 heavy (non-hydrogen) atoms. The normalized spacial score (nSPS) is 12.2. The summed E-state index contributed by atoms with van der Waals surface area (Å²) in [5, 5.41) is 4.26. The highest BCUT2D eigenvalue weighted by molar-refractivity contribution is 5.90. The molecule has 1 aromatic carbocycles. The second kappa shape index (κ2) is 6.27. The monoisotopic (exact) mass is 328 g/mol. The summed E-state index contributed by atoms with van der Waals surface area (Å²) in [5.41, 5.74) is 0.641. The van der Waals surface area contributed by atoms with Crippen molar-refractivity contribution in [3.05, 3.63) is 65.9 Å². The fourth-order valence-corrected chi connectivity index (χ4v) is 2.36. The Balaban J connectivity index is 1.86. The van der Waals surface area contributed by atoms with Gasteiger partial charge in [0.15, 0.2) is 0 Å². The van der Waals surface area contributed by atoms with Crippen LogP contribution in [0.25, 0.3) is 5.69 Å². The molecule has 3 aromatic rings. The lowest BCUT2D eigenvalue weighted by Gasteiger charge is -2.21. The minimum absolute atomic E-state index is 0.0812. The summed E-state index contributed by atoms with van der Waals surface area (Å²) in [6, 6.07) is 9.18. The predicted molar refractivity (Wildman–Crippen MR) is 85.3 cm³/mol. The molecular formula is C17H17FN4O2. The Kier molecular flexibility index (Phi) is 4.16. The average molecular weight is 328 g/mol. The van der Waals surface area contributed by atoms with E-state index in [1.165, 1.54) is 21.7 Å². The largest absolute Gasteiger partial charge is 0.467 e. The number of carbonyl (C=O) groups is 1. The topological polar surface area (TPSA) is 64.2 Å². The molecular weight excluding hydrogens is 311 g/mol. The van der Waals surface area contributed by atoms with Crippen LogP contribution in [0, 0.1) is 12.7 Å². The van der Waals surface area contributed by atoms with Gasteiger partial charge < -0.3 is 9.32 Å². The van der Waals surface area contributed by atoms with Crippen LogP contribution in [0.3, 0.4) is 0 Å². The van der Waals surface area contributed by atoms with Crippen molar-refractivity contribution >= 4 is 5.91 Å². The van der Waals surface area contributed by atoms with Gasteiger partial charge in [0.2, 0.25) is 5.82 Å². The number of aryl methyl sites for hydroxylation is 1. The highest BCUT2D eigenvalue weighted by Crippen LogP contribution is 2.20. The Labute approximate surface area is 138 Å². The lowest BCUT2D eigenvalue weighted by atomic mass is 10.2. The molecule has 2 heterocycles. The zero-order valence-electron chi connectivity index (χ0n) is 13.6. The first-order valence-electron chi connectivity index (χ1n) is 7.47. The van der Waals surface area contributed by atoms with Crippen molar-refractivity contribution in [2.75, 3.05) is 7.05 Å². The van der Waals surface area contributed by atoms with Gasteiger partial charge in [-0.2, -0.15) is 0 Å². The first-order chi connectivity index (χ1) is 11.5. The van der Waals surface area contributed by atoms with Crippen LogP contribution in [0.5, 0.6) is 0 Å². The number of hydrogen-bond donors (Lipinski definition) is 0. The van der Waals surface area contributed by atoms with E-state index in [-0.39, 0.29) is 23.6 Å². The van der Waals surface area contributed by atoms with Crippen molar-refractivity contribution in [2.45, 2.75) is 19.9 Å². The molecule has 0 saturated heterocycles. The van der Waals surface area contributed by atoms with Gasteiger partial charge in [-0.3, -0.25) is 4.79 Å². The van der Waals surface area contributed by atoms with Crippen molar-refractivity contribution in [3.63, 3.8) is 0 Å². The van der Waals surface area contributed by atoms with E-state index < -0.39 is 0 Å². The van der Waals surface area contributed by atoms with Crippen LogP contribution in [0.15, 0.2) is 47.1 Å². The van der Waals surface area contributed by atoms with E-state index in [0.717, 1.165) is 0 Å². The average Bonchev–Trinajstić information content (AvgIpc) is 3.23. The highest BCUT2D eigenvalue weighted by Gasteiger charge is 2.24. The van der Waals surface area contributed by atoms with Gasteiger partial charge in [-0.25, -0.2) is 14.1 Å². The number of halogens is 1. The summed E-state index contributed by atoms with van der Waals surface area (Å²) in [5.74, 6) is 0.657. The first-order valence-corrected chi connectivity index (χ1v) is 7.47. The lowest BCUT2D eigenvalue weighted by Crippen LogP contribution is -2.30. The fourth-order valence-electron chi connectivity index (χ4n) is 2.36. The van der Waals surface area contributed by atoms with Crippen LogP contribution in [0.1, 0.15) is 35.2 Å². The maximum absolute atomic E-state index is 13.1. The predicted octanol–water partition coefficient (Wildman–Crippen LogP) is 3.14. The molecule has 0 N–H and O–H groups in total. The quantitative estimate of drug-likeness (QED) is 0.738. The number of nitrogens with zero attached hydrogens (tertiary/aromatic N) is 4. The van der Waals surface area contributed by atoms with Gasteiger partial charge in [-0.1, -0.05) is 0 Å². The van der Waals surface area contributed by atoms with Crippen LogP contribution >= 0.6 is 0 Å². The lowest BCUT2D eigenvalue weighted by molar-refractivity contribution is 0.0714. The third-order valence-corrected chi connectivity index (χ3v) is 3.89. The van der Waals surface area contributed by atoms with Crippen molar-refractivity contribution in [3.8, 4) is 5.69 Å². The molecule has 124 valence electrons. The van der Waals surface area contributed by atoms with E-state index in [2.05, 4.69) is 10.1 Å². The Hall–Kier alpha value is -2.96. The van der Waals surface area contributed by atoms with E-state index in [9.17, 15) is 9.18 Å².